The molecule has 0 saturated heterocycles. The quantitative estimate of drug-likeness (QED) is 0.453. The Morgan fingerprint density at radius 3 is 2.39 bits per heavy atom. The van der Waals surface area contributed by atoms with Gasteiger partial charge in [-0.1, -0.05) is 51.2 Å². The number of anilines is 1. The van der Waals surface area contributed by atoms with Crippen molar-refractivity contribution in [2.24, 2.45) is 4.99 Å². The summed E-state index contributed by atoms with van der Waals surface area (Å²) in [4.78, 5) is 4.80. The van der Waals surface area contributed by atoms with Crippen LogP contribution in [-0.2, 0) is 0 Å². The highest BCUT2D eigenvalue weighted by atomic mass is 28.3. The largest absolute Gasteiger partial charge is 0.344 e. The number of rotatable bonds is 6. The number of nitrogens with zero attached hydrogens (tertiary/aromatic N) is 1. The molecule has 0 saturated carbocycles. The van der Waals surface area contributed by atoms with Gasteiger partial charge in [0.1, 0.15) is 5.84 Å². The molecule has 0 aliphatic heterocycles. The van der Waals surface area contributed by atoms with Crippen LogP contribution >= 0.6 is 0 Å². The second-order valence-corrected chi connectivity index (χ2v) is 11.4. The Labute approximate surface area is 113 Å². The van der Waals surface area contributed by atoms with E-state index in [4.69, 9.17) is 4.99 Å². The van der Waals surface area contributed by atoms with E-state index in [1.807, 2.05) is 6.07 Å². The van der Waals surface area contributed by atoms with Crippen molar-refractivity contribution >= 4 is 19.6 Å². The second-order valence-electron chi connectivity index (χ2n) is 5.92. The highest BCUT2D eigenvalue weighted by Crippen LogP contribution is 2.09. The van der Waals surface area contributed by atoms with Crippen molar-refractivity contribution in [3.63, 3.8) is 0 Å². The number of para-hydroxylation sites is 1. The lowest BCUT2D eigenvalue weighted by Gasteiger charge is -2.15. The van der Waals surface area contributed by atoms with Crippen LogP contribution in [0.15, 0.2) is 35.3 Å². The number of nitrogens with one attached hydrogen (secondary N) is 1. The van der Waals surface area contributed by atoms with E-state index in [2.05, 4.69) is 56.1 Å². The van der Waals surface area contributed by atoms with Gasteiger partial charge in [0.25, 0.3) is 0 Å². The monoisotopic (exact) mass is 262 g/mol. The molecule has 0 amide bonds. The first-order valence-electron chi connectivity index (χ1n) is 6.86. The zero-order valence-electron chi connectivity index (χ0n) is 12.2. The third kappa shape index (κ3) is 6.60. The van der Waals surface area contributed by atoms with Crippen LogP contribution in [0.1, 0.15) is 26.2 Å². The molecule has 0 aliphatic rings. The molecule has 0 heterocycles. The highest BCUT2D eigenvalue weighted by molar-refractivity contribution is 6.76. The molecular formula is C15H26N2Si. The lowest BCUT2D eigenvalue weighted by atomic mass is 10.2. The van der Waals surface area contributed by atoms with Crippen LogP contribution in [0, 0.1) is 0 Å². The Morgan fingerprint density at radius 1 is 1.17 bits per heavy atom. The van der Waals surface area contributed by atoms with Crippen LogP contribution in [0.25, 0.3) is 0 Å². The van der Waals surface area contributed by atoms with E-state index in [0.29, 0.717) is 0 Å². The first kappa shape index (κ1) is 15.0. The van der Waals surface area contributed by atoms with Gasteiger partial charge in [-0.05, 0) is 18.6 Å². The normalized spacial score (nSPS) is 12.6. The van der Waals surface area contributed by atoms with Crippen LogP contribution in [0.5, 0.6) is 0 Å². The fourth-order valence-electron chi connectivity index (χ4n) is 1.55. The molecule has 0 bridgehead atoms. The molecule has 0 atom stereocenters. The van der Waals surface area contributed by atoms with Crippen molar-refractivity contribution in [1.29, 1.82) is 0 Å². The molecule has 0 fully saturated rings. The van der Waals surface area contributed by atoms with E-state index in [-0.39, 0.29) is 0 Å². The molecular weight excluding hydrogens is 236 g/mol. The zero-order chi connectivity index (χ0) is 13.4. The van der Waals surface area contributed by atoms with Gasteiger partial charge in [-0.2, -0.15) is 0 Å². The summed E-state index contributed by atoms with van der Waals surface area (Å²) in [7, 11) is -1.10. The number of benzene rings is 1. The molecule has 1 N–H and O–H groups in total. The predicted octanol–water partition coefficient (Wildman–Crippen LogP) is 4.56. The topological polar surface area (TPSA) is 24.4 Å². The fraction of sp³-hybridized carbons (Fsp3) is 0.533. The van der Waals surface area contributed by atoms with Crippen LogP contribution < -0.4 is 5.32 Å². The van der Waals surface area contributed by atoms with Gasteiger partial charge in [-0.3, -0.25) is 4.99 Å². The predicted molar refractivity (Wildman–Crippen MR) is 85.2 cm³/mol. The van der Waals surface area contributed by atoms with Gasteiger partial charge in [-0.25, -0.2) is 0 Å². The Morgan fingerprint density at radius 2 is 1.83 bits per heavy atom. The average molecular weight is 262 g/mol. The Hall–Kier alpha value is -1.09. The van der Waals surface area contributed by atoms with Gasteiger partial charge in [-0.15, -0.1) is 0 Å². The molecule has 0 aromatic heterocycles. The fourth-order valence-corrected chi connectivity index (χ4v) is 2.21. The summed E-state index contributed by atoms with van der Waals surface area (Å²) in [6.07, 6.45) is 4.47. The first-order valence-corrected chi connectivity index (χ1v) is 10.6. The molecule has 3 heteroatoms. The maximum absolute atomic E-state index is 4.80. The van der Waals surface area contributed by atoms with Crippen LogP contribution in [0.3, 0.4) is 0 Å². The molecule has 0 radical (unpaired) electrons. The summed E-state index contributed by atoms with van der Waals surface area (Å²) in [5, 5.41) is 3.46. The van der Waals surface area contributed by atoms with E-state index in [1.165, 1.54) is 12.8 Å². The molecule has 2 nitrogen and oxygen atoms in total. The Balaban J connectivity index is 2.66. The van der Waals surface area contributed by atoms with Gasteiger partial charge < -0.3 is 5.32 Å². The Bertz CT molecular complexity index is 366. The number of unbranched alkanes of at least 4 members (excludes halogenated alkanes) is 1. The smallest absolute Gasteiger partial charge is 0.100 e. The highest BCUT2D eigenvalue weighted by Gasteiger charge is 2.12. The van der Waals surface area contributed by atoms with Crippen molar-refractivity contribution in [2.45, 2.75) is 45.8 Å². The zero-order valence-corrected chi connectivity index (χ0v) is 13.2. The third-order valence-corrected chi connectivity index (χ3v) is 3.68. The van der Waals surface area contributed by atoms with Crippen LogP contribution in [0.4, 0.5) is 5.69 Å². The van der Waals surface area contributed by atoms with E-state index >= 15 is 0 Å². The van der Waals surface area contributed by atoms with Crippen molar-refractivity contribution in [3.8, 4) is 0 Å². The number of hydrogen-bond donors (Lipinski definition) is 1. The van der Waals surface area contributed by atoms with E-state index < -0.39 is 8.07 Å². The van der Waals surface area contributed by atoms with Gasteiger partial charge in [0.2, 0.25) is 0 Å². The molecule has 1 rings (SSSR count). The van der Waals surface area contributed by atoms with Crippen molar-refractivity contribution < 1.29 is 0 Å². The second kappa shape index (κ2) is 7.37. The van der Waals surface area contributed by atoms with Crippen LogP contribution in [0.2, 0.25) is 19.6 Å². The van der Waals surface area contributed by atoms with E-state index in [1.54, 1.807) is 0 Å². The molecule has 0 aliphatic carbocycles. The first-order chi connectivity index (χ1) is 8.51. The van der Waals surface area contributed by atoms with E-state index in [9.17, 15) is 0 Å². The summed E-state index contributed by atoms with van der Waals surface area (Å²) >= 11 is 0. The van der Waals surface area contributed by atoms with Gasteiger partial charge >= 0.3 is 0 Å². The lowest BCUT2D eigenvalue weighted by molar-refractivity contribution is 0.832. The number of amidine groups is 1. The minimum absolute atomic E-state index is 1.01. The molecule has 1 aromatic carbocycles. The maximum Gasteiger partial charge on any atom is 0.100 e. The van der Waals surface area contributed by atoms with Gasteiger partial charge in [0.15, 0.2) is 0 Å². The molecule has 0 unspecified atom stereocenters. The summed E-state index contributed by atoms with van der Waals surface area (Å²) in [5.41, 5.74) is 1.14. The summed E-state index contributed by atoms with van der Waals surface area (Å²) in [5.74, 6) is 1.14. The molecule has 100 valence electrons. The minimum Gasteiger partial charge on any atom is -0.344 e. The Kier molecular flexibility index (Phi) is 6.12. The lowest BCUT2D eigenvalue weighted by Crippen LogP contribution is -2.27. The standard InChI is InChI=1S/C15H26N2Si/c1-5-6-12-15(16-13-18(2,3)4)17-14-10-8-7-9-11-14/h7-11H,5-6,12-13H2,1-4H3,(H,16,17). The van der Waals surface area contributed by atoms with Crippen molar-refractivity contribution in [3.05, 3.63) is 30.3 Å². The van der Waals surface area contributed by atoms with Gasteiger partial charge in [0, 0.05) is 18.3 Å². The summed E-state index contributed by atoms with van der Waals surface area (Å²) < 4.78 is 0. The average Bonchev–Trinajstić information content (AvgIpc) is 2.33. The molecule has 0 spiro atoms. The minimum atomic E-state index is -1.10. The molecule has 1 aromatic rings. The van der Waals surface area contributed by atoms with E-state index in [0.717, 1.165) is 24.1 Å². The van der Waals surface area contributed by atoms with Crippen LogP contribution in [-0.4, -0.2) is 20.1 Å². The maximum atomic E-state index is 4.80. The van der Waals surface area contributed by atoms with Crippen molar-refractivity contribution in [2.75, 3.05) is 11.5 Å². The SMILES string of the molecule is CCCC/C(=N/C[Si](C)(C)C)Nc1ccccc1. The van der Waals surface area contributed by atoms with Gasteiger partial charge in [0.05, 0.1) is 8.07 Å². The number of aliphatic imine (C=N–C) groups is 1. The third-order valence-electron chi connectivity index (χ3n) is 2.57. The van der Waals surface area contributed by atoms with Crippen molar-refractivity contribution in [1.82, 2.24) is 0 Å². The summed E-state index contributed by atoms with van der Waals surface area (Å²) in [6.45, 7) is 9.29. The summed E-state index contributed by atoms with van der Waals surface area (Å²) in [6, 6.07) is 10.3. The molecule has 18 heavy (non-hydrogen) atoms. The number of hydrogen-bond acceptors (Lipinski definition) is 1.